The number of nitrogens with zero attached hydrogens (tertiary/aromatic N) is 3. The average Bonchev–Trinajstić information content (AvgIpc) is 3.07. The average molecular weight is 475 g/mol. The molecule has 0 bridgehead atoms. The standard InChI is InChI=1S/C24H28Cl2N4O2/c1-24(2,3)32-23(31)29-12-6-7-18(15-29)27-22-28-20-8-4-5-9-21(20)30(22)14-16-13-17(25)10-11-19(16)26/h4-5,8-11,13,18H,6-7,12,14-15H2,1-3H3,(H,27,28)/t18-/m1/s1. The number of aromatic nitrogens is 2. The summed E-state index contributed by atoms with van der Waals surface area (Å²) in [6.45, 7) is 7.44. The predicted octanol–water partition coefficient (Wildman–Crippen LogP) is 6.20. The molecule has 32 heavy (non-hydrogen) atoms. The van der Waals surface area contributed by atoms with Crippen LogP contribution in [0.25, 0.3) is 11.0 Å². The number of hydrogen-bond acceptors (Lipinski definition) is 4. The van der Waals surface area contributed by atoms with Crippen molar-refractivity contribution in [2.24, 2.45) is 0 Å². The van der Waals surface area contributed by atoms with E-state index in [1.807, 2.05) is 57.2 Å². The van der Waals surface area contributed by atoms with E-state index in [9.17, 15) is 4.79 Å². The second-order valence-electron chi connectivity index (χ2n) is 9.16. The molecule has 3 aromatic rings. The first kappa shape index (κ1) is 22.7. The van der Waals surface area contributed by atoms with Crippen molar-refractivity contribution in [2.45, 2.75) is 51.8 Å². The van der Waals surface area contributed by atoms with Crippen LogP contribution in [0.2, 0.25) is 10.0 Å². The quantitative estimate of drug-likeness (QED) is 0.488. The number of amides is 1. The second kappa shape index (κ2) is 9.20. The van der Waals surface area contributed by atoms with Gasteiger partial charge in [0.25, 0.3) is 0 Å². The molecular formula is C24H28Cl2N4O2. The van der Waals surface area contributed by atoms with E-state index in [0.717, 1.165) is 35.4 Å². The first-order valence-corrected chi connectivity index (χ1v) is 11.6. The van der Waals surface area contributed by atoms with Crippen LogP contribution in [0, 0.1) is 0 Å². The molecule has 0 radical (unpaired) electrons. The summed E-state index contributed by atoms with van der Waals surface area (Å²) in [6, 6.07) is 13.5. The van der Waals surface area contributed by atoms with Gasteiger partial charge in [-0.05, 0) is 69.5 Å². The summed E-state index contributed by atoms with van der Waals surface area (Å²) in [5.74, 6) is 0.748. The molecule has 0 unspecified atom stereocenters. The number of halogens is 2. The normalized spacial score (nSPS) is 16.9. The lowest BCUT2D eigenvalue weighted by Gasteiger charge is -2.34. The van der Waals surface area contributed by atoms with E-state index in [0.29, 0.717) is 29.7 Å². The fraction of sp³-hybridized carbons (Fsp3) is 0.417. The molecule has 1 aliphatic heterocycles. The number of para-hydroxylation sites is 2. The number of carbonyl (C=O) groups is 1. The van der Waals surface area contributed by atoms with E-state index < -0.39 is 5.60 Å². The molecule has 0 aliphatic carbocycles. The lowest BCUT2D eigenvalue weighted by molar-refractivity contribution is 0.0206. The highest BCUT2D eigenvalue weighted by molar-refractivity contribution is 6.33. The Kier molecular flexibility index (Phi) is 6.54. The third-order valence-electron chi connectivity index (χ3n) is 5.40. The largest absolute Gasteiger partial charge is 0.444 e. The number of rotatable bonds is 4. The lowest BCUT2D eigenvalue weighted by Crippen LogP contribution is -2.47. The highest BCUT2D eigenvalue weighted by Gasteiger charge is 2.28. The number of nitrogens with one attached hydrogen (secondary N) is 1. The predicted molar refractivity (Wildman–Crippen MR) is 130 cm³/mol. The zero-order valence-corrected chi connectivity index (χ0v) is 20.1. The van der Waals surface area contributed by atoms with E-state index in [1.165, 1.54) is 0 Å². The van der Waals surface area contributed by atoms with E-state index >= 15 is 0 Å². The Morgan fingerprint density at radius 2 is 2.00 bits per heavy atom. The first-order valence-electron chi connectivity index (χ1n) is 10.8. The minimum Gasteiger partial charge on any atom is -0.444 e. The maximum atomic E-state index is 12.6. The summed E-state index contributed by atoms with van der Waals surface area (Å²) in [5.41, 5.74) is 2.31. The summed E-state index contributed by atoms with van der Waals surface area (Å²) in [6.07, 6.45) is 1.57. The monoisotopic (exact) mass is 474 g/mol. The fourth-order valence-corrected chi connectivity index (χ4v) is 4.32. The molecule has 1 aliphatic rings. The molecule has 2 aromatic carbocycles. The summed E-state index contributed by atoms with van der Waals surface area (Å²) in [4.78, 5) is 19.2. The summed E-state index contributed by atoms with van der Waals surface area (Å²) in [7, 11) is 0. The van der Waals surface area contributed by atoms with Gasteiger partial charge in [-0.1, -0.05) is 35.3 Å². The van der Waals surface area contributed by atoms with Gasteiger partial charge in [-0.15, -0.1) is 0 Å². The van der Waals surface area contributed by atoms with Gasteiger partial charge in [0.15, 0.2) is 0 Å². The van der Waals surface area contributed by atoms with Crippen LogP contribution in [-0.2, 0) is 11.3 Å². The Morgan fingerprint density at radius 3 is 2.78 bits per heavy atom. The smallest absolute Gasteiger partial charge is 0.410 e. The van der Waals surface area contributed by atoms with Crippen LogP contribution in [0.3, 0.4) is 0 Å². The van der Waals surface area contributed by atoms with Gasteiger partial charge >= 0.3 is 6.09 Å². The molecule has 0 saturated carbocycles. The zero-order chi connectivity index (χ0) is 22.9. The molecule has 1 fully saturated rings. The van der Waals surface area contributed by atoms with Crippen LogP contribution in [0.4, 0.5) is 10.7 Å². The van der Waals surface area contributed by atoms with Crippen LogP contribution < -0.4 is 5.32 Å². The minimum absolute atomic E-state index is 0.0710. The van der Waals surface area contributed by atoms with Gasteiger partial charge < -0.3 is 19.5 Å². The number of imidazole rings is 1. The van der Waals surface area contributed by atoms with Gasteiger partial charge in [-0.2, -0.15) is 0 Å². The van der Waals surface area contributed by atoms with Gasteiger partial charge in [0, 0.05) is 29.2 Å². The molecule has 170 valence electrons. The van der Waals surface area contributed by atoms with E-state index in [2.05, 4.69) is 9.88 Å². The van der Waals surface area contributed by atoms with E-state index in [4.69, 9.17) is 32.9 Å². The summed E-state index contributed by atoms with van der Waals surface area (Å²) < 4.78 is 7.67. The second-order valence-corrected chi connectivity index (χ2v) is 10.00. The number of piperidine rings is 1. The van der Waals surface area contributed by atoms with Crippen molar-refractivity contribution in [2.75, 3.05) is 18.4 Å². The van der Waals surface area contributed by atoms with Gasteiger partial charge in [0.2, 0.25) is 5.95 Å². The molecule has 2 heterocycles. The molecule has 1 aromatic heterocycles. The van der Waals surface area contributed by atoms with Crippen LogP contribution in [0.15, 0.2) is 42.5 Å². The molecule has 1 N–H and O–H groups in total. The van der Waals surface area contributed by atoms with Crippen molar-refractivity contribution in [1.29, 1.82) is 0 Å². The fourth-order valence-electron chi connectivity index (χ4n) is 3.95. The molecule has 8 heteroatoms. The SMILES string of the molecule is CC(C)(C)OC(=O)N1CCC[C@@H](Nc2nc3ccccc3n2Cc2cc(Cl)ccc2Cl)C1. The van der Waals surface area contributed by atoms with Crippen molar-refractivity contribution in [1.82, 2.24) is 14.5 Å². The Hall–Kier alpha value is -2.44. The topological polar surface area (TPSA) is 59.4 Å². The number of anilines is 1. The Bertz CT molecular complexity index is 1120. The van der Waals surface area contributed by atoms with Gasteiger partial charge in [-0.25, -0.2) is 9.78 Å². The van der Waals surface area contributed by atoms with Crippen LogP contribution in [-0.4, -0.2) is 45.3 Å². The van der Waals surface area contributed by atoms with E-state index in [1.54, 1.807) is 11.0 Å². The van der Waals surface area contributed by atoms with Crippen molar-refractivity contribution in [3.63, 3.8) is 0 Å². The summed E-state index contributed by atoms with van der Waals surface area (Å²) >= 11 is 12.7. The number of carbonyl (C=O) groups excluding carboxylic acids is 1. The summed E-state index contributed by atoms with van der Waals surface area (Å²) in [5, 5.41) is 4.87. The van der Waals surface area contributed by atoms with Crippen molar-refractivity contribution >= 4 is 46.3 Å². The van der Waals surface area contributed by atoms with Crippen molar-refractivity contribution in [3.8, 4) is 0 Å². The zero-order valence-electron chi connectivity index (χ0n) is 18.6. The highest BCUT2D eigenvalue weighted by Crippen LogP contribution is 2.27. The third-order valence-corrected chi connectivity index (χ3v) is 6.00. The highest BCUT2D eigenvalue weighted by atomic mass is 35.5. The number of fused-ring (bicyclic) bond motifs is 1. The minimum atomic E-state index is -0.512. The molecule has 6 nitrogen and oxygen atoms in total. The molecule has 1 atom stereocenters. The maximum absolute atomic E-state index is 12.6. The van der Waals surface area contributed by atoms with Crippen LogP contribution in [0.1, 0.15) is 39.2 Å². The van der Waals surface area contributed by atoms with Gasteiger partial charge in [-0.3, -0.25) is 0 Å². The van der Waals surface area contributed by atoms with Crippen molar-refractivity contribution < 1.29 is 9.53 Å². The van der Waals surface area contributed by atoms with Crippen LogP contribution >= 0.6 is 23.2 Å². The molecular weight excluding hydrogens is 447 g/mol. The van der Waals surface area contributed by atoms with Gasteiger partial charge in [0.05, 0.1) is 17.6 Å². The molecule has 0 spiro atoms. The van der Waals surface area contributed by atoms with Crippen LogP contribution in [0.5, 0.6) is 0 Å². The van der Waals surface area contributed by atoms with Crippen molar-refractivity contribution in [3.05, 3.63) is 58.1 Å². The van der Waals surface area contributed by atoms with E-state index in [-0.39, 0.29) is 12.1 Å². The number of ether oxygens (including phenoxy) is 1. The number of likely N-dealkylation sites (tertiary alicyclic amines) is 1. The third kappa shape index (κ3) is 5.30. The van der Waals surface area contributed by atoms with Gasteiger partial charge in [0.1, 0.15) is 5.60 Å². The Balaban J connectivity index is 1.58. The maximum Gasteiger partial charge on any atom is 0.410 e. The lowest BCUT2D eigenvalue weighted by atomic mass is 10.1. The molecule has 1 saturated heterocycles. The Morgan fingerprint density at radius 1 is 1.22 bits per heavy atom. The molecule has 1 amide bonds. The number of benzene rings is 2. The molecule has 4 rings (SSSR count). The first-order chi connectivity index (χ1) is 15.2. The Labute approximate surface area is 198 Å². The number of hydrogen-bond donors (Lipinski definition) is 1.